The highest BCUT2D eigenvalue weighted by atomic mass is 32.1. The average molecular weight is 416 g/mol. The van der Waals surface area contributed by atoms with Gasteiger partial charge in [-0.1, -0.05) is 0 Å². The number of aryl methyl sites for hydroxylation is 2. The largest absolute Gasteiger partial charge is 0.453 e. The summed E-state index contributed by atoms with van der Waals surface area (Å²) in [6.45, 7) is 6.67. The van der Waals surface area contributed by atoms with Gasteiger partial charge in [-0.15, -0.1) is 11.3 Å². The van der Waals surface area contributed by atoms with Crippen LogP contribution in [0.4, 0.5) is 11.4 Å². The second-order valence-corrected chi connectivity index (χ2v) is 8.09. The van der Waals surface area contributed by atoms with Gasteiger partial charge >= 0.3 is 5.97 Å². The van der Waals surface area contributed by atoms with E-state index in [4.69, 9.17) is 4.74 Å². The number of rotatable bonds is 8. The fourth-order valence-electron chi connectivity index (χ4n) is 2.65. The molecule has 154 valence electrons. The molecule has 0 unspecified atom stereocenters. The van der Waals surface area contributed by atoms with Crippen LogP contribution in [0.15, 0.2) is 30.3 Å². The summed E-state index contributed by atoms with van der Waals surface area (Å²) < 4.78 is 5.12. The molecule has 0 saturated carbocycles. The Labute approximate surface area is 173 Å². The van der Waals surface area contributed by atoms with Crippen LogP contribution >= 0.6 is 11.3 Å². The summed E-state index contributed by atoms with van der Waals surface area (Å²) in [4.78, 5) is 49.4. The second-order valence-electron chi connectivity index (χ2n) is 6.63. The topological polar surface area (TPSA) is 102 Å². The maximum Gasteiger partial charge on any atom is 0.307 e. The third kappa shape index (κ3) is 6.83. The highest BCUT2D eigenvalue weighted by molar-refractivity contribution is 7.12. The molecule has 0 aliphatic heterocycles. The van der Waals surface area contributed by atoms with Crippen LogP contribution in [0.2, 0.25) is 0 Å². The Morgan fingerprint density at radius 2 is 1.59 bits per heavy atom. The number of ketones is 1. The Bertz CT molecular complexity index is 918. The molecule has 2 aromatic rings. The number of benzene rings is 1. The fraction of sp³-hybridized carbons (Fsp3) is 0.333. The summed E-state index contributed by atoms with van der Waals surface area (Å²) in [5.74, 6) is -1.39. The molecule has 7 nitrogen and oxygen atoms in total. The van der Waals surface area contributed by atoms with E-state index in [0.29, 0.717) is 16.9 Å². The number of esters is 1. The third-order valence-electron chi connectivity index (χ3n) is 4.05. The lowest BCUT2D eigenvalue weighted by molar-refractivity contribution is -0.153. The van der Waals surface area contributed by atoms with Gasteiger partial charge in [0, 0.05) is 40.0 Å². The van der Waals surface area contributed by atoms with Gasteiger partial charge in [0.15, 0.2) is 11.9 Å². The molecule has 1 atom stereocenters. The Kier molecular flexibility index (Phi) is 7.67. The first-order chi connectivity index (χ1) is 13.7. The van der Waals surface area contributed by atoms with Crippen molar-refractivity contribution >= 4 is 46.3 Å². The molecule has 0 fully saturated rings. The molecule has 0 saturated heterocycles. The molecule has 0 aliphatic carbocycles. The van der Waals surface area contributed by atoms with Gasteiger partial charge in [0.2, 0.25) is 5.91 Å². The maximum atomic E-state index is 12.2. The van der Waals surface area contributed by atoms with Crippen molar-refractivity contribution in [3.05, 3.63) is 45.6 Å². The van der Waals surface area contributed by atoms with Gasteiger partial charge in [-0.2, -0.15) is 0 Å². The van der Waals surface area contributed by atoms with Crippen molar-refractivity contribution in [3.63, 3.8) is 0 Å². The molecule has 2 amide bonds. The summed E-state index contributed by atoms with van der Waals surface area (Å²) in [5.41, 5.74) is 1.75. The van der Waals surface area contributed by atoms with Gasteiger partial charge in [0.05, 0.1) is 6.42 Å². The molecule has 0 bridgehead atoms. The van der Waals surface area contributed by atoms with E-state index >= 15 is 0 Å². The van der Waals surface area contributed by atoms with Crippen LogP contribution in [0.1, 0.15) is 46.8 Å². The Morgan fingerprint density at radius 3 is 2.10 bits per heavy atom. The molecular weight excluding hydrogens is 392 g/mol. The van der Waals surface area contributed by atoms with Gasteiger partial charge in [-0.05, 0) is 51.1 Å². The molecular formula is C21H24N2O5S. The van der Waals surface area contributed by atoms with Crippen LogP contribution in [-0.2, 0) is 19.1 Å². The SMILES string of the molecule is CC(=O)Nc1ccc(NC(=O)[C@H](C)OC(=O)CCC(=O)c2cc(C)sc2C)cc1. The summed E-state index contributed by atoms with van der Waals surface area (Å²) in [5, 5.41) is 5.26. The van der Waals surface area contributed by atoms with Gasteiger partial charge in [0.25, 0.3) is 5.91 Å². The molecule has 1 aromatic heterocycles. The van der Waals surface area contributed by atoms with Gasteiger partial charge in [-0.3, -0.25) is 19.2 Å². The molecule has 0 spiro atoms. The second kappa shape index (κ2) is 9.97. The highest BCUT2D eigenvalue weighted by Crippen LogP contribution is 2.22. The van der Waals surface area contributed by atoms with E-state index < -0.39 is 18.0 Å². The van der Waals surface area contributed by atoms with E-state index in [9.17, 15) is 19.2 Å². The van der Waals surface area contributed by atoms with Crippen molar-refractivity contribution in [2.24, 2.45) is 0 Å². The number of amides is 2. The lowest BCUT2D eigenvalue weighted by Gasteiger charge is -2.14. The number of nitrogens with one attached hydrogen (secondary N) is 2. The lowest BCUT2D eigenvalue weighted by Crippen LogP contribution is -2.30. The van der Waals surface area contributed by atoms with E-state index in [-0.39, 0.29) is 24.5 Å². The minimum Gasteiger partial charge on any atom is -0.453 e. The average Bonchev–Trinajstić information content (AvgIpc) is 2.99. The van der Waals surface area contributed by atoms with Crippen molar-refractivity contribution < 1.29 is 23.9 Å². The Hall–Kier alpha value is -3.00. The van der Waals surface area contributed by atoms with Crippen molar-refractivity contribution in [2.75, 3.05) is 10.6 Å². The van der Waals surface area contributed by atoms with Crippen LogP contribution in [0.3, 0.4) is 0 Å². The maximum absolute atomic E-state index is 12.2. The van der Waals surface area contributed by atoms with Crippen LogP contribution < -0.4 is 10.6 Å². The Morgan fingerprint density at radius 1 is 1.00 bits per heavy atom. The van der Waals surface area contributed by atoms with Crippen molar-refractivity contribution in [2.45, 2.75) is 46.6 Å². The number of Topliss-reactive ketones (excluding diaryl/α,β-unsaturated/α-hetero) is 1. The van der Waals surface area contributed by atoms with Crippen molar-refractivity contribution in [1.82, 2.24) is 0 Å². The summed E-state index contributed by atoms with van der Waals surface area (Å²) in [6, 6.07) is 8.37. The molecule has 29 heavy (non-hydrogen) atoms. The van der Waals surface area contributed by atoms with Crippen LogP contribution in [0, 0.1) is 13.8 Å². The Balaban J connectivity index is 1.80. The number of thiophene rings is 1. The zero-order valence-corrected chi connectivity index (χ0v) is 17.6. The third-order valence-corrected chi connectivity index (χ3v) is 5.01. The molecule has 1 aromatic carbocycles. The minimum absolute atomic E-state index is 0.0365. The van der Waals surface area contributed by atoms with Crippen LogP contribution in [-0.4, -0.2) is 29.7 Å². The smallest absolute Gasteiger partial charge is 0.307 e. The number of anilines is 2. The first-order valence-electron chi connectivity index (χ1n) is 9.14. The highest BCUT2D eigenvalue weighted by Gasteiger charge is 2.20. The molecule has 2 rings (SSSR count). The predicted molar refractivity (Wildman–Crippen MR) is 112 cm³/mol. The zero-order chi connectivity index (χ0) is 21.6. The number of carbonyl (C=O) groups is 4. The molecule has 0 aliphatic rings. The van der Waals surface area contributed by atoms with Crippen LogP contribution in [0.25, 0.3) is 0 Å². The number of hydrogen-bond donors (Lipinski definition) is 2. The standard InChI is InChI=1S/C21H24N2O5S/c1-12-11-18(14(3)29-12)19(25)9-10-20(26)28-13(2)21(27)23-17-7-5-16(6-8-17)22-15(4)24/h5-8,11,13H,9-10H2,1-4H3,(H,22,24)(H,23,27)/t13-/m0/s1. The number of ether oxygens (including phenoxy) is 1. The quantitative estimate of drug-likeness (QED) is 0.503. The normalized spacial score (nSPS) is 11.4. The molecule has 2 N–H and O–H groups in total. The molecule has 8 heteroatoms. The van der Waals surface area contributed by atoms with Gasteiger partial charge in [0.1, 0.15) is 0 Å². The van der Waals surface area contributed by atoms with E-state index in [2.05, 4.69) is 10.6 Å². The van der Waals surface area contributed by atoms with E-state index in [1.807, 2.05) is 19.9 Å². The minimum atomic E-state index is -1.00. The first kappa shape index (κ1) is 22.3. The summed E-state index contributed by atoms with van der Waals surface area (Å²) >= 11 is 1.54. The number of carbonyl (C=O) groups excluding carboxylic acids is 4. The van der Waals surface area contributed by atoms with Gasteiger partial charge < -0.3 is 15.4 Å². The summed E-state index contributed by atoms with van der Waals surface area (Å²) in [7, 11) is 0. The van der Waals surface area contributed by atoms with E-state index in [1.54, 1.807) is 35.6 Å². The predicted octanol–water partition coefficient (Wildman–Crippen LogP) is 3.86. The van der Waals surface area contributed by atoms with Crippen molar-refractivity contribution in [1.29, 1.82) is 0 Å². The fourth-order valence-corrected chi connectivity index (χ4v) is 3.59. The summed E-state index contributed by atoms with van der Waals surface area (Å²) in [6.07, 6.45) is -1.05. The van der Waals surface area contributed by atoms with Crippen molar-refractivity contribution in [3.8, 4) is 0 Å². The molecule has 1 heterocycles. The number of hydrogen-bond acceptors (Lipinski definition) is 6. The van der Waals surface area contributed by atoms with Gasteiger partial charge in [-0.25, -0.2) is 0 Å². The lowest BCUT2D eigenvalue weighted by atomic mass is 10.1. The first-order valence-corrected chi connectivity index (χ1v) is 9.95. The van der Waals surface area contributed by atoms with E-state index in [1.165, 1.54) is 13.8 Å². The monoisotopic (exact) mass is 416 g/mol. The van der Waals surface area contributed by atoms with Crippen LogP contribution in [0.5, 0.6) is 0 Å². The zero-order valence-electron chi connectivity index (χ0n) is 16.8. The molecule has 0 radical (unpaired) electrons. The van der Waals surface area contributed by atoms with E-state index in [0.717, 1.165) is 9.75 Å².